The Morgan fingerprint density at radius 1 is 1.16 bits per heavy atom. The lowest BCUT2D eigenvalue weighted by atomic mass is 10.0. The summed E-state index contributed by atoms with van der Waals surface area (Å²) in [6, 6.07) is 7.79. The molecule has 9 heteroatoms. The number of nitrogens with zero attached hydrogens (tertiary/aromatic N) is 4. The third kappa shape index (κ3) is 3.58. The zero-order valence-corrected chi connectivity index (χ0v) is 19.1. The predicted octanol–water partition coefficient (Wildman–Crippen LogP) is 3.57. The Hall–Kier alpha value is -3.46. The molecular weight excluding hydrogens is 428 g/mol. The first kappa shape index (κ1) is 21.8. The van der Waals surface area contributed by atoms with Crippen LogP contribution in [0.25, 0.3) is 15.1 Å². The summed E-state index contributed by atoms with van der Waals surface area (Å²) in [5.74, 6) is -0.275. The molecule has 166 valence electrons. The number of carboxylic acid groups (broad SMARTS) is 1. The van der Waals surface area contributed by atoms with Crippen LogP contribution in [0, 0.1) is 6.92 Å². The van der Waals surface area contributed by atoms with E-state index in [-0.39, 0.29) is 5.56 Å². The second-order valence-corrected chi connectivity index (χ2v) is 9.06. The molecule has 3 heterocycles. The van der Waals surface area contributed by atoms with Crippen molar-refractivity contribution < 1.29 is 14.6 Å². The lowest BCUT2D eigenvalue weighted by molar-refractivity contribution is -0.145. The van der Waals surface area contributed by atoms with Gasteiger partial charge in [0.2, 0.25) is 0 Å². The van der Waals surface area contributed by atoms with Crippen molar-refractivity contribution in [3.63, 3.8) is 0 Å². The van der Waals surface area contributed by atoms with Gasteiger partial charge in [0.25, 0.3) is 5.56 Å². The molecule has 0 saturated heterocycles. The fourth-order valence-corrected chi connectivity index (χ4v) is 5.02. The molecule has 4 rings (SSSR count). The van der Waals surface area contributed by atoms with Gasteiger partial charge in [-0.1, -0.05) is 18.2 Å². The molecule has 1 N–H and O–H groups in total. The number of methoxy groups -OCH3 is 1. The Bertz CT molecular complexity index is 1350. The molecule has 0 aliphatic rings. The number of benzene rings is 1. The molecule has 3 aromatic heterocycles. The molecule has 32 heavy (non-hydrogen) atoms. The molecule has 0 radical (unpaired) electrons. The van der Waals surface area contributed by atoms with Crippen LogP contribution in [0.2, 0.25) is 0 Å². The van der Waals surface area contributed by atoms with Gasteiger partial charge in [-0.25, -0.2) is 4.79 Å². The largest absolute Gasteiger partial charge is 0.496 e. The fraction of sp³-hybridized carbons (Fsp3) is 0.304. The Morgan fingerprint density at radius 3 is 2.47 bits per heavy atom. The van der Waals surface area contributed by atoms with Crippen molar-refractivity contribution in [3.8, 4) is 10.8 Å². The van der Waals surface area contributed by atoms with E-state index < -0.39 is 11.5 Å². The minimum Gasteiger partial charge on any atom is -0.496 e. The summed E-state index contributed by atoms with van der Waals surface area (Å²) in [4.78, 5) is 26.9. The van der Waals surface area contributed by atoms with Crippen LogP contribution in [0.5, 0.6) is 5.75 Å². The van der Waals surface area contributed by atoms with E-state index in [0.717, 1.165) is 32.1 Å². The minimum absolute atomic E-state index is 0.333. The van der Waals surface area contributed by atoms with Crippen molar-refractivity contribution in [2.75, 3.05) is 7.11 Å². The number of hydrogen-bond donors (Lipinski definition) is 1. The minimum atomic E-state index is -1.40. The highest BCUT2D eigenvalue weighted by atomic mass is 32.1. The first-order valence-electron chi connectivity index (χ1n) is 10.2. The van der Waals surface area contributed by atoms with Crippen LogP contribution in [0.15, 0.2) is 47.7 Å². The van der Waals surface area contributed by atoms with Crippen LogP contribution in [-0.4, -0.2) is 37.7 Å². The number of aliphatic carboxylic acids is 1. The molecule has 0 aliphatic heterocycles. The Labute approximate surface area is 188 Å². The molecule has 0 fully saturated rings. The van der Waals surface area contributed by atoms with E-state index in [4.69, 9.17) is 4.74 Å². The molecule has 0 bridgehead atoms. The lowest BCUT2D eigenvalue weighted by Crippen LogP contribution is -2.42. The second kappa shape index (κ2) is 8.23. The summed E-state index contributed by atoms with van der Waals surface area (Å²) in [6.07, 6.45) is 6.14. The van der Waals surface area contributed by atoms with Gasteiger partial charge in [0.15, 0.2) is 0 Å². The molecule has 1 aromatic carbocycles. The van der Waals surface area contributed by atoms with Crippen LogP contribution >= 0.6 is 11.3 Å². The fourth-order valence-electron chi connectivity index (χ4n) is 3.77. The van der Waals surface area contributed by atoms with Crippen molar-refractivity contribution in [1.82, 2.24) is 19.6 Å². The highest BCUT2D eigenvalue weighted by Crippen LogP contribution is 2.35. The van der Waals surface area contributed by atoms with Crippen LogP contribution in [0.1, 0.15) is 30.5 Å². The highest BCUT2D eigenvalue weighted by Gasteiger charge is 2.32. The first-order valence-corrected chi connectivity index (χ1v) is 11.0. The number of aromatic nitrogens is 4. The van der Waals surface area contributed by atoms with Crippen LogP contribution in [-0.2, 0) is 23.2 Å². The summed E-state index contributed by atoms with van der Waals surface area (Å²) in [5.41, 5.74) is 0.941. The highest BCUT2D eigenvalue weighted by molar-refractivity contribution is 7.21. The van der Waals surface area contributed by atoms with Gasteiger partial charge < -0.3 is 9.84 Å². The lowest BCUT2D eigenvalue weighted by Gasteiger charge is -2.24. The number of ether oxygens (including phenoxy) is 1. The van der Waals surface area contributed by atoms with Gasteiger partial charge >= 0.3 is 5.97 Å². The maximum atomic E-state index is 13.4. The van der Waals surface area contributed by atoms with Gasteiger partial charge in [-0.2, -0.15) is 10.2 Å². The smallest absolute Gasteiger partial charge is 0.329 e. The molecule has 0 amide bonds. The SMILES string of the molecule is COc1ccccc1CCc1cn(C(C)(C)C(=O)O)c(=O)c2c(C)c(-n3nccn3)sc12. The standard InChI is InChI=1S/C23H24N4O4S/c1-14-18-19(32-21(14)27-24-11-12-25-27)16(10-9-15-7-5-6-8-17(15)31-4)13-26(20(18)28)23(2,3)22(29)30/h5-8,11-13H,9-10H2,1-4H3,(H,29,30). The Balaban J connectivity index is 1.92. The number of para-hydroxylation sites is 1. The number of hydrogen-bond acceptors (Lipinski definition) is 6. The maximum Gasteiger partial charge on any atom is 0.329 e. The summed E-state index contributed by atoms with van der Waals surface area (Å²) >= 11 is 1.44. The van der Waals surface area contributed by atoms with E-state index >= 15 is 0 Å². The van der Waals surface area contributed by atoms with Crippen LogP contribution < -0.4 is 10.3 Å². The van der Waals surface area contributed by atoms with Crippen molar-refractivity contribution in [2.45, 2.75) is 39.2 Å². The number of thiophene rings is 1. The zero-order chi connectivity index (χ0) is 23.0. The number of carboxylic acids is 1. The third-order valence-corrected chi connectivity index (χ3v) is 7.05. The third-order valence-electron chi connectivity index (χ3n) is 5.71. The van der Waals surface area contributed by atoms with Crippen molar-refractivity contribution >= 4 is 27.4 Å². The Morgan fingerprint density at radius 2 is 1.81 bits per heavy atom. The van der Waals surface area contributed by atoms with E-state index in [9.17, 15) is 14.7 Å². The van der Waals surface area contributed by atoms with Crippen molar-refractivity contribution in [3.05, 3.63) is 69.9 Å². The molecule has 4 aromatic rings. The Kier molecular flexibility index (Phi) is 5.60. The van der Waals surface area contributed by atoms with Crippen LogP contribution in [0.4, 0.5) is 0 Å². The van der Waals surface area contributed by atoms with Gasteiger partial charge in [-0.3, -0.25) is 9.36 Å². The second-order valence-electron chi connectivity index (χ2n) is 8.06. The number of pyridine rings is 1. The maximum absolute atomic E-state index is 13.4. The normalized spacial score (nSPS) is 11.8. The van der Waals surface area contributed by atoms with Gasteiger partial charge in [0.1, 0.15) is 16.3 Å². The average molecular weight is 453 g/mol. The van der Waals surface area contributed by atoms with Crippen LogP contribution in [0.3, 0.4) is 0 Å². The molecule has 0 atom stereocenters. The van der Waals surface area contributed by atoms with Gasteiger partial charge in [-0.15, -0.1) is 16.1 Å². The van der Waals surface area contributed by atoms with Gasteiger partial charge in [0, 0.05) is 16.5 Å². The van der Waals surface area contributed by atoms with E-state index in [2.05, 4.69) is 10.2 Å². The quantitative estimate of drug-likeness (QED) is 0.460. The number of fused-ring (bicyclic) bond motifs is 1. The van der Waals surface area contributed by atoms with Gasteiger partial charge in [0.05, 0.1) is 24.9 Å². The monoisotopic (exact) mass is 452 g/mol. The number of rotatable bonds is 7. The molecule has 8 nitrogen and oxygen atoms in total. The molecular formula is C23H24N4O4S. The predicted molar refractivity (Wildman–Crippen MR) is 123 cm³/mol. The first-order chi connectivity index (χ1) is 15.3. The van der Waals surface area contributed by atoms with E-state index in [1.165, 1.54) is 34.5 Å². The van der Waals surface area contributed by atoms with E-state index in [1.807, 2.05) is 31.2 Å². The number of aryl methyl sites for hydroxylation is 3. The molecule has 0 unspecified atom stereocenters. The zero-order valence-electron chi connectivity index (χ0n) is 18.3. The summed E-state index contributed by atoms with van der Waals surface area (Å²) in [7, 11) is 1.64. The summed E-state index contributed by atoms with van der Waals surface area (Å²) in [5, 5.41) is 19.5. The summed E-state index contributed by atoms with van der Waals surface area (Å²) < 4.78 is 7.63. The molecule has 0 saturated carbocycles. The van der Waals surface area contributed by atoms with E-state index in [1.54, 1.807) is 25.7 Å². The topological polar surface area (TPSA) is 99.2 Å². The molecule has 0 spiro atoms. The summed E-state index contributed by atoms with van der Waals surface area (Å²) in [6.45, 7) is 4.91. The van der Waals surface area contributed by atoms with E-state index in [0.29, 0.717) is 18.2 Å². The van der Waals surface area contributed by atoms with Gasteiger partial charge in [-0.05, 0) is 50.8 Å². The number of carbonyl (C=O) groups is 1. The average Bonchev–Trinajstić information content (AvgIpc) is 3.41. The van der Waals surface area contributed by atoms with Crippen molar-refractivity contribution in [2.24, 2.45) is 0 Å². The molecule has 0 aliphatic carbocycles. The van der Waals surface area contributed by atoms with Crippen molar-refractivity contribution in [1.29, 1.82) is 0 Å².